The molecule has 158 valence electrons. The van der Waals surface area contributed by atoms with E-state index in [2.05, 4.69) is 15.0 Å². The van der Waals surface area contributed by atoms with Crippen molar-refractivity contribution in [2.24, 2.45) is 0 Å². The lowest BCUT2D eigenvalue weighted by Crippen LogP contribution is -2.19. The number of carbonyl (C=O) groups excluding carboxylic acids is 1. The number of amides is 1. The Labute approximate surface area is 173 Å². The number of nitrogens with one attached hydrogen (secondary N) is 2. The smallest absolute Gasteiger partial charge is 0.406 e. The first-order valence-corrected chi connectivity index (χ1v) is 9.19. The molecular weight excluding hydrogens is 411 g/mol. The third-order valence-corrected chi connectivity index (χ3v) is 4.52. The first-order valence-electron chi connectivity index (χ1n) is 9.19. The van der Waals surface area contributed by atoms with E-state index in [0.717, 1.165) is 17.7 Å². The van der Waals surface area contributed by atoms with Gasteiger partial charge in [0.15, 0.2) is 0 Å². The molecule has 0 aliphatic heterocycles. The van der Waals surface area contributed by atoms with Crippen molar-refractivity contribution < 1.29 is 22.7 Å². The number of anilines is 1. The number of alkyl halides is 3. The van der Waals surface area contributed by atoms with Gasteiger partial charge in [-0.3, -0.25) is 14.2 Å². The molecule has 9 heteroatoms. The summed E-state index contributed by atoms with van der Waals surface area (Å²) >= 11 is 0. The molecule has 0 spiro atoms. The predicted octanol–water partition coefficient (Wildman–Crippen LogP) is 4.78. The Bertz CT molecular complexity index is 1320. The quantitative estimate of drug-likeness (QED) is 0.492. The van der Waals surface area contributed by atoms with E-state index in [9.17, 15) is 22.8 Å². The summed E-state index contributed by atoms with van der Waals surface area (Å²) in [5.74, 6) is -0.795. The minimum atomic E-state index is -4.81. The molecule has 6 nitrogen and oxygen atoms in total. The first kappa shape index (κ1) is 20.3. The molecule has 0 radical (unpaired) electrons. The van der Waals surface area contributed by atoms with Crippen LogP contribution in [0.2, 0.25) is 0 Å². The van der Waals surface area contributed by atoms with Crippen LogP contribution in [0.4, 0.5) is 18.9 Å². The van der Waals surface area contributed by atoms with Crippen molar-refractivity contribution in [2.75, 3.05) is 5.32 Å². The number of hydrogen-bond acceptors (Lipinski definition) is 3. The van der Waals surface area contributed by atoms with Crippen LogP contribution < -0.4 is 15.6 Å². The monoisotopic (exact) mass is 427 g/mol. The van der Waals surface area contributed by atoms with E-state index in [1.165, 1.54) is 22.8 Å². The maximum Gasteiger partial charge on any atom is 0.573 e. The number of pyridine rings is 1. The van der Waals surface area contributed by atoms with E-state index >= 15 is 0 Å². The molecule has 0 fully saturated rings. The number of nitrogens with zero attached hydrogens (tertiary/aromatic N) is 1. The number of hydrogen-bond donors (Lipinski definition) is 2. The molecule has 1 amide bonds. The van der Waals surface area contributed by atoms with Crippen LogP contribution >= 0.6 is 0 Å². The number of carbonyl (C=O) groups is 1. The zero-order valence-electron chi connectivity index (χ0n) is 16.2. The fraction of sp³-hybridized carbons (Fsp3) is 0.0909. The van der Waals surface area contributed by atoms with Crippen molar-refractivity contribution in [1.29, 1.82) is 0 Å². The largest absolute Gasteiger partial charge is 0.573 e. The van der Waals surface area contributed by atoms with Crippen molar-refractivity contribution in [1.82, 2.24) is 9.55 Å². The summed E-state index contributed by atoms with van der Waals surface area (Å²) in [6, 6.07) is 16.7. The summed E-state index contributed by atoms with van der Waals surface area (Å²) in [6.45, 7) is 1.91. The highest BCUT2D eigenvalue weighted by Crippen LogP contribution is 2.25. The predicted molar refractivity (Wildman–Crippen MR) is 110 cm³/mol. The minimum Gasteiger partial charge on any atom is -0.406 e. The Hall–Kier alpha value is -4.01. The fourth-order valence-corrected chi connectivity index (χ4v) is 3.21. The number of aryl methyl sites for hydroxylation is 1. The van der Waals surface area contributed by atoms with Crippen LogP contribution in [0, 0.1) is 6.92 Å². The van der Waals surface area contributed by atoms with Gasteiger partial charge in [-0.15, -0.1) is 13.2 Å². The van der Waals surface area contributed by atoms with Crippen molar-refractivity contribution in [3.8, 4) is 11.4 Å². The Morgan fingerprint density at radius 3 is 2.45 bits per heavy atom. The molecule has 2 aromatic carbocycles. The number of halogens is 3. The van der Waals surface area contributed by atoms with E-state index in [4.69, 9.17) is 0 Å². The summed E-state index contributed by atoms with van der Waals surface area (Å²) in [6.07, 6.45) is -4.81. The van der Waals surface area contributed by atoms with E-state index in [0.29, 0.717) is 22.4 Å². The molecule has 0 saturated carbocycles. The summed E-state index contributed by atoms with van der Waals surface area (Å²) < 4.78 is 42.3. The van der Waals surface area contributed by atoms with Crippen LogP contribution in [-0.4, -0.2) is 21.8 Å². The number of rotatable bonds is 4. The molecule has 4 rings (SSSR count). The number of H-pyrrole nitrogens is 1. The lowest BCUT2D eigenvalue weighted by molar-refractivity contribution is -0.274. The van der Waals surface area contributed by atoms with Gasteiger partial charge in [0.25, 0.3) is 11.5 Å². The Balaban J connectivity index is 1.69. The van der Waals surface area contributed by atoms with Crippen LogP contribution in [0.5, 0.6) is 5.75 Å². The molecule has 2 heterocycles. The summed E-state index contributed by atoms with van der Waals surface area (Å²) in [7, 11) is 0. The topological polar surface area (TPSA) is 76.1 Å². The highest BCUT2D eigenvalue weighted by atomic mass is 19.4. The summed E-state index contributed by atoms with van der Waals surface area (Å²) in [4.78, 5) is 28.1. The van der Waals surface area contributed by atoms with Crippen molar-refractivity contribution >= 4 is 22.6 Å². The second kappa shape index (κ2) is 7.67. The molecule has 31 heavy (non-hydrogen) atoms. The number of aromatic amines is 1. The van der Waals surface area contributed by atoms with Gasteiger partial charge in [0.05, 0.1) is 5.69 Å². The summed E-state index contributed by atoms with van der Waals surface area (Å²) in [5, 5.41) is 3.37. The molecule has 2 aromatic heterocycles. The third-order valence-electron chi connectivity index (χ3n) is 4.52. The van der Waals surface area contributed by atoms with Gasteiger partial charge in [-0.1, -0.05) is 12.1 Å². The average molecular weight is 427 g/mol. The van der Waals surface area contributed by atoms with Gasteiger partial charge >= 0.3 is 6.36 Å². The van der Waals surface area contributed by atoms with Crippen LogP contribution in [0.15, 0.2) is 71.5 Å². The minimum absolute atomic E-state index is 0.230. The molecule has 0 atom stereocenters. The zero-order chi connectivity index (χ0) is 22.2. The molecule has 0 aliphatic rings. The summed E-state index contributed by atoms with van der Waals surface area (Å²) in [5.41, 5.74) is 2.09. The van der Waals surface area contributed by atoms with Gasteiger partial charge in [-0.25, -0.2) is 0 Å². The molecule has 0 aliphatic carbocycles. The lowest BCUT2D eigenvalue weighted by Gasteiger charge is -2.11. The van der Waals surface area contributed by atoms with Gasteiger partial charge in [0.2, 0.25) is 0 Å². The molecule has 0 bridgehead atoms. The Kier molecular flexibility index (Phi) is 5.02. The lowest BCUT2D eigenvalue weighted by atomic mass is 10.2. The molecular formula is C22H16F3N3O3. The van der Waals surface area contributed by atoms with E-state index in [1.54, 1.807) is 18.2 Å². The van der Waals surface area contributed by atoms with E-state index in [-0.39, 0.29) is 5.69 Å². The highest BCUT2D eigenvalue weighted by Gasteiger charge is 2.31. The van der Waals surface area contributed by atoms with Crippen molar-refractivity contribution in [2.45, 2.75) is 13.3 Å². The zero-order valence-corrected chi connectivity index (χ0v) is 16.2. The molecule has 0 unspecified atom stereocenters. The van der Waals surface area contributed by atoms with Gasteiger partial charge < -0.3 is 15.0 Å². The van der Waals surface area contributed by atoms with Crippen LogP contribution in [0.25, 0.3) is 16.7 Å². The molecule has 2 N–H and O–H groups in total. The number of benzene rings is 2. The highest BCUT2D eigenvalue weighted by molar-refractivity contribution is 6.05. The first-order chi connectivity index (χ1) is 14.7. The number of ether oxygens (including phenoxy) is 1. The second-order valence-electron chi connectivity index (χ2n) is 6.86. The molecule has 4 aromatic rings. The Morgan fingerprint density at radius 1 is 1.03 bits per heavy atom. The number of aromatic nitrogens is 2. The van der Waals surface area contributed by atoms with Gasteiger partial charge in [-0.05, 0) is 61.0 Å². The SMILES string of the molecule is Cc1cccc(NC(=O)c2cc3ccc(=O)n(-c4ccc(OC(F)(F)F)cc4)c3[nH]2)c1. The number of fused-ring (bicyclic) bond motifs is 1. The Morgan fingerprint density at radius 2 is 1.77 bits per heavy atom. The van der Waals surface area contributed by atoms with Crippen molar-refractivity contribution in [3.63, 3.8) is 0 Å². The second-order valence-corrected chi connectivity index (χ2v) is 6.86. The maximum atomic E-state index is 12.7. The van der Waals surface area contributed by atoms with Crippen LogP contribution in [0.3, 0.4) is 0 Å². The van der Waals surface area contributed by atoms with E-state index < -0.39 is 23.6 Å². The van der Waals surface area contributed by atoms with Gasteiger partial charge in [0.1, 0.15) is 17.1 Å². The standard InChI is InChI=1S/C22H16F3N3O3/c1-13-3-2-4-15(11-13)26-21(30)18-12-14-5-10-19(29)28(20(14)27-18)16-6-8-17(9-7-16)31-22(23,24)25/h2-12,27H,1H3,(H,26,30). The van der Waals surface area contributed by atoms with Crippen LogP contribution in [0.1, 0.15) is 16.1 Å². The van der Waals surface area contributed by atoms with Crippen molar-refractivity contribution in [3.05, 3.63) is 88.3 Å². The fourth-order valence-electron chi connectivity index (χ4n) is 3.21. The average Bonchev–Trinajstić information content (AvgIpc) is 3.12. The normalized spacial score (nSPS) is 11.5. The van der Waals surface area contributed by atoms with Gasteiger partial charge in [-0.2, -0.15) is 0 Å². The van der Waals surface area contributed by atoms with E-state index in [1.807, 2.05) is 25.1 Å². The van der Waals surface area contributed by atoms with Crippen LogP contribution in [-0.2, 0) is 0 Å². The maximum absolute atomic E-state index is 12.7. The molecule has 0 saturated heterocycles. The third kappa shape index (κ3) is 4.45. The van der Waals surface area contributed by atoms with Gasteiger partial charge in [0, 0.05) is 17.1 Å².